The van der Waals surface area contributed by atoms with Crippen LogP contribution in [0.2, 0.25) is 0 Å². The van der Waals surface area contributed by atoms with Crippen molar-refractivity contribution >= 4 is 67.1 Å². The molecular formula is C37H30IN3. The van der Waals surface area contributed by atoms with E-state index in [9.17, 15) is 0 Å². The van der Waals surface area contributed by atoms with Crippen molar-refractivity contribution < 1.29 is 0 Å². The minimum atomic E-state index is 0.600. The zero-order chi connectivity index (χ0) is 27.1. The Kier molecular flexibility index (Phi) is 5.31. The van der Waals surface area contributed by atoms with Crippen LogP contribution in [-0.4, -0.2) is 17.2 Å². The fraction of sp³-hybridized carbons (Fsp3) is 0.189. The highest BCUT2D eigenvalue weighted by molar-refractivity contribution is 14.1. The van der Waals surface area contributed by atoms with E-state index in [1.165, 1.54) is 78.6 Å². The molecule has 6 aromatic rings. The lowest BCUT2D eigenvalue weighted by molar-refractivity contribution is 0.641. The summed E-state index contributed by atoms with van der Waals surface area (Å²) in [5.41, 5.74) is 12.1. The first kappa shape index (κ1) is 23.9. The summed E-state index contributed by atoms with van der Waals surface area (Å²) in [6.07, 6.45) is 5.01. The van der Waals surface area contributed by atoms with Crippen molar-refractivity contribution in [1.29, 1.82) is 0 Å². The minimum absolute atomic E-state index is 0.600. The minimum Gasteiger partial charge on any atom is -0.341 e. The van der Waals surface area contributed by atoms with Crippen LogP contribution in [0.1, 0.15) is 36.3 Å². The topological polar surface area (TPSA) is 11.4 Å². The fourth-order valence-electron chi connectivity index (χ4n) is 7.95. The molecule has 2 atom stereocenters. The van der Waals surface area contributed by atoms with Crippen molar-refractivity contribution in [3.05, 3.63) is 124 Å². The van der Waals surface area contributed by atoms with Gasteiger partial charge >= 0.3 is 0 Å². The summed E-state index contributed by atoms with van der Waals surface area (Å²) < 4.78 is 3.74. The van der Waals surface area contributed by atoms with Gasteiger partial charge in [-0.15, -0.1) is 0 Å². The molecular weight excluding hydrogens is 613 g/mol. The first-order valence-electron chi connectivity index (χ1n) is 14.8. The smallest absolute Gasteiger partial charge is 0.0542 e. The molecule has 4 heteroatoms. The number of hydrogen-bond acceptors (Lipinski definition) is 2. The number of nitrogens with zero attached hydrogens (tertiary/aromatic N) is 3. The van der Waals surface area contributed by atoms with Crippen LogP contribution in [0, 0.1) is 3.57 Å². The number of anilines is 4. The molecule has 1 aliphatic carbocycles. The number of halogens is 1. The summed E-state index contributed by atoms with van der Waals surface area (Å²) in [5, 5.41) is 2.61. The van der Waals surface area contributed by atoms with Gasteiger partial charge in [-0.1, -0.05) is 42.8 Å². The number of benzene rings is 5. The summed E-state index contributed by atoms with van der Waals surface area (Å²) >= 11 is 2.47. The van der Waals surface area contributed by atoms with Gasteiger partial charge in [-0.25, -0.2) is 0 Å². The maximum Gasteiger partial charge on any atom is 0.0542 e. The van der Waals surface area contributed by atoms with Gasteiger partial charge < -0.3 is 14.4 Å². The van der Waals surface area contributed by atoms with Crippen molar-refractivity contribution in [1.82, 2.24) is 4.57 Å². The lowest BCUT2D eigenvalue weighted by atomic mass is 9.98. The summed E-state index contributed by atoms with van der Waals surface area (Å²) in [4.78, 5) is 5.18. The molecule has 0 spiro atoms. The molecule has 3 aliphatic rings. The predicted molar refractivity (Wildman–Crippen MR) is 180 cm³/mol. The van der Waals surface area contributed by atoms with Crippen LogP contribution in [0.4, 0.5) is 22.7 Å². The average Bonchev–Trinajstić information content (AvgIpc) is 3.78. The normalized spacial score (nSPS) is 19.2. The molecule has 0 saturated heterocycles. The average molecular weight is 644 g/mol. The van der Waals surface area contributed by atoms with E-state index >= 15 is 0 Å². The van der Waals surface area contributed by atoms with Gasteiger partial charge in [-0.05, 0) is 126 Å². The first-order valence-corrected chi connectivity index (χ1v) is 15.9. The van der Waals surface area contributed by atoms with Crippen molar-refractivity contribution in [2.45, 2.75) is 37.6 Å². The zero-order valence-electron chi connectivity index (χ0n) is 22.8. The maximum atomic E-state index is 2.66. The van der Waals surface area contributed by atoms with Gasteiger partial charge in [0.25, 0.3) is 0 Å². The third kappa shape index (κ3) is 3.56. The molecule has 1 fully saturated rings. The molecule has 0 bridgehead atoms. The Labute approximate surface area is 254 Å². The van der Waals surface area contributed by atoms with E-state index in [0.29, 0.717) is 12.0 Å². The molecule has 41 heavy (non-hydrogen) atoms. The van der Waals surface area contributed by atoms with E-state index in [0.717, 1.165) is 13.0 Å². The molecule has 3 heterocycles. The molecule has 0 N–H and O–H groups in total. The van der Waals surface area contributed by atoms with E-state index < -0.39 is 0 Å². The molecule has 5 aromatic carbocycles. The van der Waals surface area contributed by atoms with Crippen LogP contribution in [0.5, 0.6) is 0 Å². The number of para-hydroxylation sites is 2. The first-order chi connectivity index (χ1) is 20.2. The van der Waals surface area contributed by atoms with Gasteiger partial charge in [-0.2, -0.15) is 0 Å². The Hall–Kier alpha value is -3.77. The SMILES string of the molecule is Ic1ccc2c(c1)C1CCCC1N2c1ccc2c(c1)CCN2c1ccc2c(c1)c1ccccc1n2-c1ccccc1. The molecule has 200 valence electrons. The van der Waals surface area contributed by atoms with E-state index in [1.54, 1.807) is 5.56 Å². The molecule has 0 amide bonds. The highest BCUT2D eigenvalue weighted by Crippen LogP contribution is 2.53. The van der Waals surface area contributed by atoms with Gasteiger partial charge in [0.15, 0.2) is 0 Å². The van der Waals surface area contributed by atoms with Crippen molar-refractivity contribution in [2.75, 3.05) is 16.3 Å². The lowest BCUT2D eigenvalue weighted by Gasteiger charge is -2.28. The maximum absolute atomic E-state index is 2.66. The van der Waals surface area contributed by atoms with Gasteiger partial charge in [0.05, 0.1) is 11.0 Å². The molecule has 1 aromatic heterocycles. The van der Waals surface area contributed by atoms with Gasteiger partial charge in [0.2, 0.25) is 0 Å². The number of rotatable bonds is 3. The molecule has 3 nitrogen and oxygen atoms in total. The van der Waals surface area contributed by atoms with Crippen LogP contribution in [0.15, 0.2) is 109 Å². The number of aromatic nitrogens is 1. The molecule has 0 radical (unpaired) electrons. The van der Waals surface area contributed by atoms with Crippen LogP contribution in [-0.2, 0) is 6.42 Å². The van der Waals surface area contributed by atoms with Gasteiger partial charge in [-0.3, -0.25) is 0 Å². The second-order valence-electron chi connectivity index (χ2n) is 11.8. The third-order valence-corrected chi connectivity index (χ3v) is 10.3. The lowest BCUT2D eigenvalue weighted by Crippen LogP contribution is -2.26. The highest BCUT2D eigenvalue weighted by Gasteiger charge is 2.42. The second kappa shape index (κ2) is 9.12. The Balaban J connectivity index is 1.12. The van der Waals surface area contributed by atoms with E-state index in [4.69, 9.17) is 0 Å². The van der Waals surface area contributed by atoms with Crippen LogP contribution in [0.25, 0.3) is 27.5 Å². The van der Waals surface area contributed by atoms with E-state index in [1.807, 2.05) is 0 Å². The molecule has 1 saturated carbocycles. The summed E-state index contributed by atoms with van der Waals surface area (Å²) in [7, 11) is 0. The van der Waals surface area contributed by atoms with Gasteiger partial charge in [0.1, 0.15) is 0 Å². The van der Waals surface area contributed by atoms with E-state index in [2.05, 4.69) is 146 Å². The molecule has 9 rings (SSSR count). The Bertz CT molecular complexity index is 1970. The van der Waals surface area contributed by atoms with Crippen molar-refractivity contribution in [3.63, 3.8) is 0 Å². The third-order valence-electron chi connectivity index (χ3n) is 9.68. The Morgan fingerprint density at radius 2 is 1.44 bits per heavy atom. The molecule has 2 aliphatic heterocycles. The van der Waals surface area contributed by atoms with Crippen molar-refractivity contribution in [2.24, 2.45) is 0 Å². The Morgan fingerprint density at radius 3 is 2.37 bits per heavy atom. The summed E-state index contributed by atoms with van der Waals surface area (Å²) in [5.74, 6) is 0.675. The predicted octanol–water partition coefficient (Wildman–Crippen LogP) is 9.87. The largest absolute Gasteiger partial charge is 0.341 e. The van der Waals surface area contributed by atoms with Crippen LogP contribution >= 0.6 is 22.6 Å². The Morgan fingerprint density at radius 1 is 0.634 bits per heavy atom. The highest BCUT2D eigenvalue weighted by atomic mass is 127. The van der Waals surface area contributed by atoms with Crippen LogP contribution in [0.3, 0.4) is 0 Å². The fourth-order valence-corrected chi connectivity index (χ4v) is 8.47. The molecule has 2 unspecified atom stereocenters. The van der Waals surface area contributed by atoms with Crippen molar-refractivity contribution in [3.8, 4) is 5.69 Å². The second-order valence-corrected chi connectivity index (χ2v) is 13.0. The van der Waals surface area contributed by atoms with Crippen LogP contribution < -0.4 is 9.80 Å². The monoisotopic (exact) mass is 643 g/mol. The quantitative estimate of drug-likeness (QED) is 0.178. The summed E-state index contributed by atoms with van der Waals surface area (Å²) in [6, 6.07) is 41.4. The summed E-state index contributed by atoms with van der Waals surface area (Å²) in [6.45, 7) is 1.02. The number of hydrogen-bond donors (Lipinski definition) is 0. The number of fused-ring (bicyclic) bond motifs is 7. The standard InChI is InChI=1S/C37H30IN3/c38-25-13-16-36-31(22-25)30-10-6-12-35(30)41(36)28-15-17-33-24(21-28)19-20-39(33)27-14-18-37-32(23-27)29-9-4-5-11-34(29)40(37)26-7-2-1-3-8-26/h1-5,7-9,11,13-18,21-23,30,35H,6,10,12,19-20H2. The van der Waals surface area contributed by atoms with E-state index in [-0.39, 0.29) is 0 Å². The van der Waals surface area contributed by atoms with Gasteiger partial charge in [0, 0.05) is 61.3 Å². The zero-order valence-corrected chi connectivity index (χ0v) is 25.0.